The van der Waals surface area contributed by atoms with Gasteiger partial charge in [0.05, 0.1) is 24.0 Å². The highest BCUT2D eigenvalue weighted by molar-refractivity contribution is 5.59. The minimum Gasteiger partial charge on any atom is -0.491 e. The number of aromatic nitrogens is 2. The van der Waals surface area contributed by atoms with Gasteiger partial charge < -0.3 is 15.5 Å². The van der Waals surface area contributed by atoms with Gasteiger partial charge in [-0.25, -0.2) is 4.98 Å². The van der Waals surface area contributed by atoms with Gasteiger partial charge in [-0.3, -0.25) is 0 Å². The van der Waals surface area contributed by atoms with Crippen molar-refractivity contribution in [3.05, 3.63) is 36.3 Å². The Balaban J connectivity index is 2.10. The Bertz CT molecular complexity index is 558. The molecule has 0 spiro atoms. The molecule has 21 heavy (non-hydrogen) atoms. The van der Waals surface area contributed by atoms with Gasteiger partial charge in [-0.2, -0.15) is 0 Å². The number of rotatable bonds is 6. The molecule has 0 radical (unpaired) electrons. The van der Waals surface area contributed by atoms with E-state index >= 15 is 0 Å². The van der Waals surface area contributed by atoms with Crippen LogP contribution in [0.3, 0.4) is 0 Å². The van der Waals surface area contributed by atoms with Crippen LogP contribution < -0.4 is 10.5 Å². The number of nitrogens with zero attached hydrogens (tertiary/aromatic N) is 1. The third kappa shape index (κ3) is 4.33. The highest BCUT2D eigenvalue weighted by atomic mass is 16.5. The minimum atomic E-state index is -0.0395. The monoisotopic (exact) mass is 287 g/mol. The first kappa shape index (κ1) is 15.6. The van der Waals surface area contributed by atoms with Gasteiger partial charge in [-0.05, 0) is 56.0 Å². The Labute approximate surface area is 126 Å². The standard InChI is InChI=1S/C17H25N3O/c1-11(2)9-15(18)17-19-10-16(20-17)13-5-7-14(8-6-13)21-12(3)4/h5-8,10-12,15H,9,18H2,1-4H3,(H,19,20). The predicted molar refractivity (Wildman–Crippen MR) is 86.2 cm³/mol. The molecule has 4 heteroatoms. The molecule has 2 aromatic rings. The third-order valence-corrected chi connectivity index (χ3v) is 3.21. The van der Waals surface area contributed by atoms with Crippen LogP contribution in [0.2, 0.25) is 0 Å². The molecule has 0 aliphatic rings. The summed E-state index contributed by atoms with van der Waals surface area (Å²) in [4.78, 5) is 7.72. The topological polar surface area (TPSA) is 63.9 Å². The fourth-order valence-electron chi connectivity index (χ4n) is 2.28. The molecular weight excluding hydrogens is 262 g/mol. The number of benzene rings is 1. The maximum absolute atomic E-state index is 6.15. The summed E-state index contributed by atoms with van der Waals surface area (Å²) in [6.07, 6.45) is 2.95. The van der Waals surface area contributed by atoms with Crippen LogP contribution in [-0.2, 0) is 0 Å². The minimum absolute atomic E-state index is 0.0395. The zero-order valence-corrected chi connectivity index (χ0v) is 13.3. The van der Waals surface area contributed by atoms with Crippen LogP contribution in [0.15, 0.2) is 30.5 Å². The van der Waals surface area contributed by atoms with E-state index in [0.717, 1.165) is 29.3 Å². The Morgan fingerprint density at radius 3 is 2.38 bits per heavy atom. The molecule has 1 aromatic carbocycles. The molecule has 0 aliphatic carbocycles. The maximum atomic E-state index is 6.15. The van der Waals surface area contributed by atoms with Crippen LogP contribution in [0.25, 0.3) is 11.3 Å². The van der Waals surface area contributed by atoms with E-state index in [9.17, 15) is 0 Å². The van der Waals surface area contributed by atoms with Gasteiger partial charge in [0, 0.05) is 0 Å². The second-order valence-electron chi connectivity index (χ2n) is 6.11. The van der Waals surface area contributed by atoms with Crippen molar-refractivity contribution in [2.24, 2.45) is 11.7 Å². The number of nitrogens with one attached hydrogen (secondary N) is 1. The van der Waals surface area contributed by atoms with E-state index in [4.69, 9.17) is 10.5 Å². The zero-order chi connectivity index (χ0) is 15.4. The lowest BCUT2D eigenvalue weighted by atomic mass is 10.0. The number of hydrogen-bond acceptors (Lipinski definition) is 3. The Hall–Kier alpha value is -1.81. The smallest absolute Gasteiger partial charge is 0.123 e. The molecule has 2 rings (SSSR count). The van der Waals surface area contributed by atoms with E-state index in [0.29, 0.717) is 5.92 Å². The zero-order valence-electron chi connectivity index (χ0n) is 13.3. The number of imidazole rings is 1. The Morgan fingerprint density at radius 2 is 1.81 bits per heavy atom. The second-order valence-corrected chi connectivity index (χ2v) is 6.11. The first-order valence-corrected chi connectivity index (χ1v) is 7.53. The van der Waals surface area contributed by atoms with E-state index < -0.39 is 0 Å². The fraction of sp³-hybridized carbons (Fsp3) is 0.471. The predicted octanol–water partition coefficient (Wildman–Crippen LogP) is 3.91. The lowest BCUT2D eigenvalue weighted by Gasteiger charge is -2.11. The molecule has 1 unspecified atom stereocenters. The molecule has 0 fully saturated rings. The lowest BCUT2D eigenvalue weighted by Crippen LogP contribution is -2.14. The fourth-order valence-corrected chi connectivity index (χ4v) is 2.28. The number of H-pyrrole nitrogens is 1. The largest absolute Gasteiger partial charge is 0.491 e. The van der Waals surface area contributed by atoms with Gasteiger partial charge in [0.15, 0.2) is 0 Å². The van der Waals surface area contributed by atoms with Gasteiger partial charge in [0.25, 0.3) is 0 Å². The normalized spacial score (nSPS) is 12.9. The quantitative estimate of drug-likeness (QED) is 0.846. The molecule has 3 N–H and O–H groups in total. The molecule has 0 aliphatic heterocycles. The van der Waals surface area contributed by atoms with Crippen molar-refractivity contribution in [3.8, 4) is 17.0 Å². The molecule has 1 aromatic heterocycles. The average Bonchev–Trinajstić information content (AvgIpc) is 2.87. The maximum Gasteiger partial charge on any atom is 0.123 e. The molecule has 114 valence electrons. The van der Waals surface area contributed by atoms with E-state index in [1.54, 1.807) is 0 Å². The summed E-state index contributed by atoms with van der Waals surface area (Å²) in [6, 6.07) is 7.97. The van der Waals surface area contributed by atoms with Gasteiger partial charge in [0.2, 0.25) is 0 Å². The van der Waals surface area contributed by atoms with Crippen molar-refractivity contribution in [2.75, 3.05) is 0 Å². The average molecular weight is 287 g/mol. The summed E-state index contributed by atoms with van der Waals surface area (Å²) >= 11 is 0. The van der Waals surface area contributed by atoms with Gasteiger partial charge >= 0.3 is 0 Å². The molecule has 0 saturated carbocycles. The summed E-state index contributed by atoms with van der Waals surface area (Å²) in [6.45, 7) is 8.37. The van der Waals surface area contributed by atoms with Crippen molar-refractivity contribution in [2.45, 2.75) is 46.3 Å². The Kier molecular flexibility index (Phi) is 5.02. The molecule has 1 heterocycles. The van der Waals surface area contributed by atoms with Crippen LogP contribution >= 0.6 is 0 Å². The van der Waals surface area contributed by atoms with E-state index in [2.05, 4.69) is 23.8 Å². The summed E-state index contributed by atoms with van der Waals surface area (Å²) < 4.78 is 5.65. The number of aromatic amines is 1. The van der Waals surface area contributed by atoms with Crippen molar-refractivity contribution in [1.29, 1.82) is 0 Å². The van der Waals surface area contributed by atoms with E-state index in [1.165, 1.54) is 0 Å². The Morgan fingerprint density at radius 1 is 1.14 bits per heavy atom. The van der Waals surface area contributed by atoms with E-state index in [-0.39, 0.29) is 12.1 Å². The molecular formula is C17H25N3O. The summed E-state index contributed by atoms with van der Waals surface area (Å²) in [5.41, 5.74) is 8.22. The van der Waals surface area contributed by atoms with Crippen molar-refractivity contribution < 1.29 is 4.74 Å². The van der Waals surface area contributed by atoms with Crippen LogP contribution in [0, 0.1) is 5.92 Å². The van der Waals surface area contributed by atoms with Crippen molar-refractivity contribution >= 4 is 0 Å². The molecule has 1 atom stereocenters. The lowest BCUT2D eigenvalue weighted by molar-refractivity contribution is 0.242. The summed E-state index contributed by atoms with van der Waals surface area (Å²) in [5.74, 6) is 2.28. The second kappa shape index (κ2) is 6.76. The number of nitrogens with two attached hydrogens (primary N) is 1. The summed E-state index contributed by atoms with van der Waals surface area (Å²) in [7, 11) is 0. The number of hydrogen-bond donors (Lipinski definition) is 2. The van der Waals surface area contributed by atoms with Gasteiger partial charge in [-0.15, -0.1) is 0 Å². The van der Waals surface area contributed by atoms with Crippen LogP contribution in [0.4, 0.5) is 0 Å². The first-order chi connectivity index (χ1) is 9.95. The highest BCUT2D eigenvalue weighted by Gasteiger charge is 2.12. The molecule has 0 bridgehead atoms. The summed E-state index contributed by atoms with van der Waals surface area (Å²) in [5, 5.41) is 0. The van der Waals surface area contributed by atoms with Crippen LogP contribution in [0.1, 0.15) is 46.0 Å². The molecule has 0 saturated heterocycles. The van der Waals surface area contributed by atoms with Gasteiger partial charge in [-0.1, -0.05) is 13.8 Å². The highest BCUT2D eigenvalue weighted by Crippen LogP contribution is 2.23. The molecule has 0 amide bonds. The van der Waals surface area contributed by atoms with Crippen molar-refractivity contribution in [1.82, 2.24) is 9.97 Å². The van der Waals surface area contributed by atoms with E-state index in [1.807, 2.05) is 44.3 Å². The van der Waals surface area contributed by atoms with Gasteiger partial charge in [0.1, 0.15) is 11.6 Å². The van der Waals surface area contributed by atoms with Crippen LogP contribution in [-0.4, -0.2) is 16.1 Å². The van der Waals surface area contributed by atoms with Crippen LogP contribution in [0.5, 0.6) is 5.75 Å². The molecule has 4 nitrogen and oxygen atoms in total. The SMILES string of the molecule is CC(C)CC(N)c1ncc(-c2ccc(OC(C)C)cc2)[nH]1. The number of ether oxygens (including phenoxy) is 1. The third-order valence-electron chi connectivity index (χ3n) is 3.21. The first-order valence-electron chi connectivity index (χ1n) is 7.53. The van der Waals surface area contributed by atoms with Crippen molar-refractivity contribution in [3.63, 3.8) is 0 Å².